The maximum absolute atomic E-state index is 12.3. The first-order valence-electron chi connectivity index (χ1n) is 16.3. The van der Waals surface area contributed by atoms with Crippen LogP contribution in [0.2, 0.25) is 0 Å². The Balaban J connectivity index is 1.85. The molecule has 3 rings (SSSR count). The highest BCUT2D eigenvalue weighted by Gasteiger charge is 2.50. The third-order valence-electron chi connectivity index (χ3n) is 9.77. The summed E-state index contributed by atoms with van der Waals surface area (Å²) in [5.74, 6) is 1.84. The second-order valence-electron chi connectivity index (χ2n) is 18.3. The summed E-state index contributed by atoms with van der Waals surface area (Å²) in [7, 11) is 0. The van der Waals surface area contributed by atoms with Gasteiger partial charge < -0.3 is 5.11 Å². The number of nitrogens with zero attached hydrogens (tertiary/aromatic N) is 3. The van der Waals surface area contributed by atoms with Gasteiger partial charge in [0, 0.05) is 33.2 Å². The van der Waals surface area contributed by atoms with Crippen molar-refractivity contribution in [3.8, 4) is 0 Å². The maximum Gasteiger partial charge on any atom is 0.140 e. The minimum atomic E-state index is -1.35. The molecule has 3 aliphatic heterocycles. The zero-order chi connectivity index (χ0) is 31.4. The SMILES string of the molecule is CC1CC(C)(C)N(OCC(O)(CON2C(C)(C)CC(C)CC2(C)C)CON2C(C)(C)CC(C)CC2(C)C)C(C)(C)C1. The second kappa shape index (κ2) is 11.6. The lowest BCUT2D eigenvalue weighted by Gasteiger charge is -2.55. The fraction of sp³-hybridized carbons (Fsp3) is 1.00. The van der Waals surface area contributed by atoms with Crippen molar-refractivity contribution >= 4 is 0 Å². The molecule has 3 fully saturated rings. The van der Waals surface area contributed by atoms with Crippen molar-refractivity contribution in [2.75, 3.05) is 19.8 Å². The molecular weight excluding hydrogens is 514 g/mol. The first kappa shape index (κ1) is 35.2. The number of hydroxylamine groups is 6. The highest BCUT2D eigenvalue weighted by molar-refractivity contribution is 4.98. The summed E-state index contributed by atoms with van der Waals surface area (Å²) < 4.78 is 0. The molecule has 7 heteroatoms. The fourth-order valence-corrected chi connectivity index (χ4v) is 10.0. The topological polar surface area (TPSA) is 57.6 Å². The van der Waals surface area contributed by atoms with E-state index in [1.165, 1.54) is 0 Å². The van der Waals surface area contributed by atoms with Crippen LogP contribution in [0.15, 0.2) is 0 Å². The molecule has 0 amide bonds. The van der Waals surface area contributed by atoms with Gasteiger partial charge in [-0.25, -0.2) is 0 Å². The summed E-state index contributed by atoms with van der Waals surface area (Å²) in [6, 6.07) is 0. The average molecular weight is 582 g/mol. The number of hydrogen-bond acceptors (Lipinski definition) is 7. The number of aliphatic hydroxyl groups is 1. The molecule has 3 aliphatic rings. The summed E-state index contributed by atoms with van der Waals surface area (Å²) in [5, 5.41) is 18.7. The van der Waals surface area contributed by atoms with E-state index < -0.39 is 5.60 Å². The molecule has 0 aromatic carbocycles. The molecule has 242 valence electrons. The Morgan fingerprint density at radius 3 is 0.805 bits per heavy atom. The molecule has 0 aliphatic carbocycles. The van der Waals surface area contributed by atoms with E-state index in [4.69, 9.17) is 14.5 Å². The normalized spacial score (nSPS) is 29.6. The molecule has 0 atom stereocenters. The van der Waals surface area contributed by atoms with Crippen LogP contribution in [0.4, 0.5) is 0 Å². The first-order chi connectivity index (χ1) is 18.3. The van der Waals surface area contributed by atoms with Crippen LogP contribution in [0.1, 0.15) is 142 Å². The summed E-state index contributed by atoms with van der Waals surface area (Å²) >= 11 is 0. The lowest BCUT2D eigenvalue weighted by Crippen LogP contribution is -2.64. The number of piperidine rings is 3. The molecule has 3 heterocycles. The highest BCUT2D eigenvalue weighted by Crippen LogP contribution is 2.44. The second-order valence-corrected chi connectivity index (χ2v) is 18.3. The van der Waals surface area contributed by atoms with E-state index in [0.29, 0.717) is 17.8 Å². The molecule has 0 aromatic heterocycles. The Kier molecular flexibility index (Phi) is 9.94. The van der Waals surface area contributed by atoms with E-state index in [2.05, 4.69) is 119 Å². The smallest absolute Gasteiger partial charge is 0.140 e. The Bertz CT molecular complexity index is 730. The molecule has 0 saturated carbocycles. The van der Waals surface area contributed by atoms with Gasteiger partial charge in [0.05, 0.1) is 0 Å². The molecule has 7 nitrogen and oxygen atoms in total. The predicted octanol–water partition coefficient (Wildman–Crippen LogP) is 7.38. The van der Waals surface area contributed by atoms with Crippen LogP contribution in [-0.4, -0.2) is 79.0 Å². The molecular formula is C34H67N3O4. The standard InChI is InChI=1S/C34H67N3O4/c1-25-16-28(4,5)35(29(6,7)17-25)39-22-34(38,23-40-36-30(8,9)18-26(2)19-31(36,10)11)24-41-37-32(12,13)20-27(3)21-33(37,14)15/h25-27,38H,16-24H2,1-15H3. The molecule has 0 unspecified atom stereocenters. The predicted molar refractivity (Wildman–Crippen MR) is 168 cm³/mol. The van der Waals surface area contributed by atoms with Crippen LogP contribution >= 0.6 is 0 Å². The van der Waals surface area contributed by atoms with Crippen LogP contribution in [-0.2, 0) is 14.5 Å². The van der Waals surface area contributed by atoms with Crippen molar-refractivity contribution in [2.45, 2.75) is 181 Å². The molecule has 41 heavy (non-hydrogen) atoms. The first-order valence-corrected chi connectivity index (χ1v) is 16.3. The molecule has 1 N–H and O–H groups in total. The van der Waals surface area contributed by atoms with Gasteiger partial charge in [-0.3, -0.25) is 14.5 Å². The van der Waals surface area contributed by atoms with E-state index in [9.17, 15) is 5.11 Å². The zero-order valence-electron chi connectivity index (χ0n) is 29.6. The molecule has 0 aromatic rings. The average Bonchev–Trinajstić information content (AvgIpc) is 2.67. The van der Waals surface area contributed by atoms with Crippen molar-refractivity contribution < 1.29 is 19.6 Å². The van der Waals surface area contributed by atoms with Crippen molar-refractivity contribution in [3.63, 3.8) is 0 Å². The molecule has 0 radical (unpaired) electrons. The van der Waals surface area contributed by atoms with Crippen molar-refractivity contribution in [1.82, 2.24) is 15.2 Å². The van der Waals surface area contributed by atoms with Gasteiger partial charge >= 0.3 is 0 Å². The van der Waals surface area contributed by atoms with E-state index in [1.807, 2.05) is 0 Å². The minimum absolute atomic E-state index is 0.102. The van der Waals surface area contributed by atoms with Crippen LogP contribution in [0.5, 0.6) is 0 Å². The van der Waals surface area contributed by atoms with Crippen LogP contribution in [0.25, 0.3) is 0 Å². The lowest BCUT2D eigenvalue weighted by molar-refractivity contribution is -0.355. The third kappa shape index (κ3) is 8.06. The minimum Gasteiger partial charge on any atom is -0.382 e. The van der Waals surface area contributed by atoms with Gasteiger partial charge in [0.2, 0.25) is 0 Å². The van der Waals surface area contributed by atoms with Gasteiger partial charge in [-0.1, -0.05) is 20.8 Å². The molecule has 0 spiro atoms. The van der Waals surface area contributed by atoms with Crippen LogP contribution < -0.4 is 0 Å². The summed E-state index contributed by atoms with van der Waals surface area (Å²) in [6.45, 7) is 34.2. The van der Waals surface area contributed by atoms with Gasteiger partial charge in [-0.05, 0) is 139 Å². The van der Waals surface area contributed by atoms with Gasteiger partial charge in [-0.2, -0.15) is 15.2 Å². The zero-order valence-corrected chi connectivity index (χ0v) is 29.6. The monoisotopic (exact) mass is 582 g/mol. The van der Waals surface area contributed by atoms with Crippen molar-refractivity contribution in [1.29, 1.82) is 0 Å². The van der Waals surface area contributed by atoms with E-state index in [0.717, 1.165) is 38.5 Å². The number of rotatable bonds is 9. The van der Waals surface area contributed by atoms with E-state index >= 15 is 0 Å². The quantitative estimate of drug-likeness (QED) is 0.305. The lowest BCUT2D eigenvalue weighted by atomic mass is 9.76. The van der Waals surface area contributed by atoms with E-state index in [-0.39, 0.29) is 53.1 Å². The van der Waals surface area contributed by atoms with E-state index in [1.54, 1.807) is 0 Å². The van der Waals surface area contributed by atoms with Crippen LogP contribution in [0, 0.1) is 17.8 Å². The Labute approximate surface area is 253 Å². The molecule has 3 saturated heterocycles. The highest BCUT2D eigenvalue weighted by atomic mass is 16.7. The van der Waals surface area contributed by atoms with Gasteiger partial charge in [0.25, 0.3) is 0 Å². The summed E-state index contributed by atoms with van der Waals surface area (Å²) in [4.78, 5) is 19.9. The van der Waals surface area contributed by atoms with Gasteiger partial charge in [0.15, 0.2) is 0 Å². The van der Waals surface area contributed by atoms with Gasteiger partial charge in [0.1, 0.15) is 25.4 Å². The summed E-state index contributed by atoms with van der Waals surface area (Å²) in [5.41, 5.74) is -2.24. The number of hydrogen-bond donors (Lipinski definition) is 1. The summed E-state index contributed by atoms with van der Waals surface area (Å²) in [6.07, 6.45) is 6.28. The third-order valence-corrected chi connectivity index (χ3v) is 9.77. The molecule has 0 bridgehead atoms. The van der Waals surface area contributed by atoms with Crippen molar-refractivity contribution in [2.24, 2.45) is 17.8 Å². The Hall–Kier alpha value is -0.280. The largest absolute Gasteiger partial charge is 0.382 e. The maximum atomic E-state index is 12.3. The fourth-order valence-electron chi connectivity index (χ4n) is 10.0. The Morgan fingerprint density at radius 2 is 0.634 bits per heavy atom. The Morgan fingerprint density at radius 1 is 0.463 bits per heavy atom. The van der Waals surface area contributed by atoms with Gasteiger partial charge in [-0.15, -0.1) is 0 Å². The van der Waals surface area contributed by atoms with Crippen molar-refractivity contribution in [3.05, 3.63) is 0 Å². The van der Waals surface area contributed by atoms with Crippen LogP contribution in [0.3, 0.4) is 0 Å².